The van der Waals surface area contributed by atoms with E-state index in [0.29, 0.717) is 26.3 Å². The first-order valence-corrected chi connectivity index (χ1v) is 11.1. The van der Waals surface area contributed by atoms with E-state index in [9.17, 15) is 18.0 Å². The van der Waals surface area contributed by atoms with E-state index in [2.05, 4.69) is 0 Å². The van der Waals surface area contributed by atoms with Crippen LogP contribution in [0.15, 0.2) is 34.4 Å². The van der Waals surface area contributed by atoms with E-state index < -0.39 is 21.8 Å². The zero-order chi connectivity index (χ0) is 21.9. The van der Waals surface area contributed by atoms with Gasteiger partial charge in [0.05, 0.1) is 50.2 Å². The number of anilines is 2. The molecule has 0 unspecified atom stereocenters. The molecule has 2 aliphatic heterocycles. The second-order valence-electron chi connectivity index (χ2n) is 6.74. The molecule has 3 rings (SSSR count). The molecule has 0 bridgehead atoms. The number of methoxy groups -OCH3 is 2. The third kappa shape index (κ3) is 4.42. The van der Waals surface area contributed by atoms with Gasteiger partial charge in [0, 0.05) is 25.0 Å². The first-order chi connectivity index (χ1) is 14.3. The average molecular weight is 440 g/mol. The molecule has 2 heterocycles. The molecule has 164 valence electrons. The topological polar surface area (TPSA) is 112 Å². The molecule has 0 radical (unpaired) electrons. The third-order valence-electron chi connectivity index (χ3n) is 4.84. The van der Waals surface area contributed by atoms with Crippen LogP contribution in [-0.4, -0.2) is 80.5 Å². The average Bonchev–Trinajstić information content (AvgIpc) is 2.77. The third-order valence-corrected chi connectivity index (χ3v) is 5.99. The number of morpholine rings is 1. The number of carbonyl (C=O) groups excluding carboxylic acids is 2. The Morgan fingerprint density at radius 1 is 1.03 bits per heavy atom. The maximum atomic E-state index is 12.6. The highest BCUT2D eigenvalue weighted by Crippen LogP contribution is 2.35. The Bertz CT molecular complexity index is 967. The van der Waals surface area contributed by atoms with Crippen LogP contribution in [0, 0.1) is 0 Å². The summed E-state index contributed by atoms with van der Waals surface area (Å²) in [6.45, 7) is 2.08. The van der Waals surface area contributed by atoms with Crippen LogP contribution < -0.4 is 9.80 Å². The molecular formula is C19H24N2O8S. The Morgan fingerprint density at radius 2 is 1.70 bits per heavy atom. The van der Waals surface area contributed by atoms with Gasteiger partial charge in [0.2, 0.25) is 0 Å². The number of hydrogen-bond acceptors (Lipinski definition) is 10. The lowest BCUT2D eigenvalue weighted by Crippen LogP contribution is -2.40. The van der Waals surface area contributed by atoms with Gasteiger partial charge in [-0.1, -0.05) is 0 Å². The lowest BCUT2D eigenvalue weighted by Gasteiger charge is -2.34. The molecule has 0 saturated carbocycles. The van der Waals surface area contributed by atoms with Crippen molar-refractivity contribution in [2.24, 2.45) is 0 Å². The minimum absolute atomic E-state index is 0.00405. The quantitative estimate of drug-likeness (QED) is 0.594. The van der Waals surface area contributed by atoms with E-state index in [1.807, 2.05) is 4.90 Å². The number of sulfone groups is 1. The van der Waals surface area contributed by atoms with Crippen LogP contribution in [0.1, 0.15) is 0 Å². The number of carbonyl (C=O) groups is 2. The lowest BCUT2D eigenvalue weighted by atomic mass is 10.1. The van der Waals surface area contributed by atoms with Crippen molar-refractivity contribution in [1.82, 2.24) is 0 Å². The van der Waals surface area contributed by atoms with E-state index in [-0.39, 0.29) is 35.2 Å². The Morgan fingerprint density at radius 3 is 2.30 bits per heavy atom. The van der Waals surface area contributed by atoms with Crippen molar-refractivity contribution < 1.29 is 37.0 Å². The lowest BCUT2D eigenvalue weighted by molar-refractivity contribution is -0.140. The van der Waals surface area contributed by atoms with Gasteiger partial charge in [-0.3, -0.25) is 0 Å². The molecule has 0 aliphatic carbocycles. The fraction of sp³-hybridized carbons (Fsp3) is 0.474. The Labute approximate surface area is 174 Å². The van der Waals surface area contributed by atoms with Crippen molar-refractivity contribution >= 4 is 33.2 Å². The SMILES string of the molecule is COC(=O)C1=C(C(=O)OC)N(c2cc(N3CCOCC3)ccc2S(C)(=O)=O)COC1. The predicted molar refractivity (Wildman–Crippen MR) is 107 cm³/mol. The second kappa shape index (κ2) is 9.02. The van der Waals surface area contributed by atoms with Gasteiger partial charge in [-0.2, -0.15) is 0 Å². The minimum atomic E-state index is -3.66. The van der Waals surface area contributed by atoms with Crippen molar-refractivity contribution in [1.29, 1.82) is 0 Å². The molecule has 1 aromatic carbocycles. The summed E-state index contributed by atoms with van der Waals surface area (Å²) in [5, 5.41) is 0. The molecular weight excluding hydrogens is 416 g/mol. The van der Waals surface area contributed by atoms with Gasteiger partial charge in [-0.15, -0.1) is 0 Å². The van der Waals surface area contributed by atoms with E-state index in [1.165, 1.54) is 25.2 Å². The monoisotopic (exact) mass is 440 g/mol. The second-order valence-corrected chi connectivity index (χ2v) is 8.72. The highest BCUT2D eigenvalue weighted by atomic mass is 32.2. The molecule has 2 aliphatic rings. The summed E-state index contributed by atoms with van der Waals surface area (Å²) in [6.07, 6.45) is 1.08. The highest BCUT2D eigenvalue weighted by Gasteiger charge is 2.34. The van der Waals surface area contributed by atoms with Crippen molar-refractivity contribution in [3.05, 3.63) is 29.5 Å². The Balaban J connectivity index is 2.19. The molecule has 1 saturated heterocycles. The number of benzene rings is 1. The number of rotatable bonds is 5. The smallest absolute Gasteiger partial charge is 0.355 e. The first kappa shape index (κ1) is 22.1. The summed E-state index contributed by atoms with van der Waals surface area (Å²) in [5.41, 5.74) is 0.810. The predicted octanol–water partition coefficient (Wildman–Crippen LogP) is 0.321. The maximum absolute atomic E-state index is 12.6. The molecule has 0 aromatic heterocycles. The zero-order valence-corrected chi connectivity index (χ0v) is 17.9. The van der Waals surface area contributed by atoms with Crippen molar-refractivity contribution in [3.63, 3.8) is 0 Å². The molecule has 1 aromatic rings. The van der Waals surface area contributed by atoms with E-state index in [1.54, 1.807) is 12.1 Å². The summed E-state index contributed by atoms with van der Waals surface area (Å²) in [5.74, 6) is -1.56. The van der Waals surface area contributed by atoms with Crippen LogP contribution in [-0.2, 0) is 38.4 Å². The Kier molecular flexibility index (Phi) is 6.64. The van der Waals surface area contributed by atoms with E-state index in [0.717, 1.165) is 11.9 Å². The summed E-state index contributed by atoms with van der Waals surface area (Å²) < 4.78 is 45.4. The number of hydrogen-bond donors (Lipinski definition) is 0. The van der Waals surface area contributed by atoms with E-state index in [4.69, 9.17) is 18.9 Å². The van der Waals surface area contributed by atoms with Gasteiger partial charge in [0.1, 0.15) is 12.4 Å². The van der Waals surface area contributed by atoms with Crippen molar-refractivity contribution in [2.75, 3.05) is 69.9 Å². The van der Waals surface area contributed by atoms with Gasteiger partial charge >= 0.3 is 11.9 Å². The van der Waals surface area contributed by atoms with Crippen LogP contribution >= 0.6 is 0 Å². The summed E-state index contributed by atoms with van der Waals surface area (Å²) in [7, 11) is -1.30. The number of nitrogens with zero attached hydrogens (tertiary/aromatic N) is 2. The molecule has 11 heteroatoms. The Hall–Kier alpha value is -2.63. The standard InChI is InChI=1S/C19H24N2O8S/c1-26-18(22)14-11-29-12-21(17(14)19(23)27-2)15-10-13(20-6-8-28-9-7-20)4-5-16(15)30(3,24)25/h4-5,10H,6-9,11-12H2,1-3H3. The van der Waals surface area contributed by atoms with Crippen LogP contribution in [0.25, 0.3) is 0 Å². The van der Waals surface area contributed by atoms with Gasteiger partial charge in [0.25, 0.3) is 0 Å². The highest BCUT2D eigenvalue weighted by molar-refractivity contribution is 7.90. The molecule has 0 amide bonds. The molecule has 1 fully saturated rings. The number of ether oxygens (including phenoxy) is 4. The molecule has 30 heavy (non-hydrogen) atoms. The van der Waals surface area contributed by atoms with Crippen molar-refractivity contribution in [2.45, 2.75) is 4.90 Å². The molecule has 10 nitrogen and oxygen atoms in total. The molecule has 0 atom stereocenters. The van der Waals surface area contributed by atoms with Gasteiger partial charge in [-0.05, 0) is 18.2 Å². The molecule has 0 N–H and O–H groups in total. The van der Waals surface area contributed by atoms with Crippen LogP contribution in [0.3, 0.4) is 0 Å². The van der Waals surface area contributed by atoms with Crippen molar-refractivity contribution in [3.8, 4) is 0 Å². The minimum Gasteiger partial charge on any atom is -0.466 e. The fourth-order valence-electron chi connectivity index (χ4n) is 3.38. The van der Waals surface area contributed by atoms with Gasteiger partial charge in [0.15, 0.2) is 9.84 Å². The summed E-state index contributed by atoms with van der Waals surface area (Å²) >= 11 is 0. The van der Waals surface area contributed by atoms with Crippen LogP contribution in [0.2, 0.25) is 0 Å². The van der Waals surface area contributed by atoms with Crippen LogP contribution in [0.5, 0.6) is 0 Å². The summed E-state index contributed by atoms with van der Waals surface area (Å²) in [4.78, 5) is 28.2. The first-order valence-electron chi connectivity index (χ1n) is 9.19. The van der Waals surface area contributed by atoms with Gasteiger partial charge in [-0.25, -0.2) is 18.0 Å². The fourth-order valence-corrected chi connectivity index (χ4v) is 4.25. The van der Waals surface area contributed by atoms with E-state index >= 15 is 0 Å². The summed E-state index contributed by atoms with van der Waals surface area (Å²) in [6, 6.07) is 4.85. The largest absolute Gasteiger partial charge is 0.466 e. The zero-order valence-electron chi connectivity index (χ0n) is 17.0. The molecule has 0 spiro atoms. The normalized spacial score (nSPS) is 17.7. The number of esters is 2. The van der Waals surface area contributed by atoms with Gasteiger partial charge < -0.3 is 28.7 Å². The maximum Gasteiger partial charge on any atom is 0.355 e. The van der Waals surface area contributed by atoms with Crippen LogP contribution in [0.4, 0.5) is 11.4 Å².